The summed E-state index contributed by atoms with van der Waals surface area (Å²) in [5, 5.41) is 11.2. The highest BCUT2D eigenvalue weighted by molar-refractivity contribution is 7.08. The lowest BCUT2D eigenvalue weighted by atomic mass is 10.3. The second kappa shape index (κ2) is 6.41. The molecule has 0 spiro atoms. The number of anilines is 1. The van der Waals surface area contributed by atoms with Gasteiger partial charge in [0.1, 0.15) is 5.75 Å². The predicted molar refractivity (Wildman–Crippen MR) is 82.5 cm³/mol. The lowest BCUT2D eigenvalue weighted by Crippen LogP contribution is -1.99. The number of hydrogen-bond donors (Lipinski definition) is 1. The molecule has 108 valence electrons. The summed E-state index contributed by atoms with van der Waals surface area (Å²) in [4.78, 5) is 4.36. The third-order valence-corrected chi connectivity index (χ3v) is 3.54. The lowest BCUT2D eigenvalue weighted by Gasteiger charge is -2.05. The van der Waals surface area contributed by atoms with Gasteiger partial charge < -0.3 is 14.6 Å². The summed E-state index contributed by atoms with van der Waals surface area (Å²) in [6, 6.07) is 9.74. The van der Waals surface area contributed by atoms with Gasteiger partial charge in [0.05, 0.1) is 13.2 Å². The van der Waals surface area contributed by atoms with Crippen LogP contribution in [0.2, 0.25) is 0 Å². The van der Waals surface area contributed by atoms with Gasteiger partial charge in [0, 0.05) is 16.6 Å². The number of ether oxygens (including phenoxy) is 1. The van der Waals surface area contributed by atoms with Crippen LogP contribution in [-0.2, 0) is 6.54 Å². The minimum absolute atomic E-state index is 0.491. The number of rotatable bonds is 6. The van der Waals surface area contributed by atoms with Gasteiger partial charge in [-0.2, -0.15) is 16.3 Å². The Bertz CT molecular complexity index is 677. The summed E-state index contributed by atoms with van der Waals surface area (Å²) in [6.45, 7) is 3.12. The highest BCUT2D eigenvalue weighted by atomic mass is 32.1. The zero-order valence-corrected chi connectivity index (χ0v) is 12.4. The molecule has 0 radical (unpaired) electrons. The van der Waals surface area contributed by atoms with Crippen LogP contribution in [-0.4, -0.2) is 16.7 Å². The van der Waals surface area contributed by atoms with E-state index < -0.39 is 0 Å². The van der Waals surface area contributed by atoms with Gasteiger partial charge in [-0.1, -0.05) is 5.16 Å². The molecule has 0 atom stereocenters. The topological polar surface area (TPSA) is 60.2 Å². The van der Waals surface area contributed by atoms with Crippen molar-refractivity contribution < 1.29 is 9.26 Å². The number of aromatic nitrogens is 2. The summed E-state index contributed by atoms with van der Waals surface area (Å²) in [7, 11) is 0. The predicted octanol–water partition coefficient (Wildman–Crippen LogP) is 3.81. The van der Waals surface area contributed by atoms with E-state index in [0.29, 0.717) is 24.9 Å². The molecule has 21 heavy (non-hydrogen) atoms. The quantitative estimate of drug-likeness (QED) is 0.750. The van der Waals surface area contributed by atoms with E-state index in [2.05, 4.69) is 15.5 Å². The molecule has 1 N–H and O–H groups in total. The van der Waals surface area contributed by atoms with E-state index in [4.69, 9.17) is 9.26 Å². The van der Waals surface area contributed by atoms with E-state index in [9.17, 15) is 0 Å². The highest BCUT2D eigenvalue weighted by Crippen LogP contribution is 2.19. The summed E-state index contributed by atoms with van der Waals surface area (Å²) < 4.78 is 10.6. The standard InChI is InChI=1S/C15H15N3O2S/c1-2-19-13-5-3-12(4-6-13)16-9-14-17-15(18-20-14)11-7-8-21-10-11/h3-8,10,16H,2,9H2,1H3. The van der Waals surface area contributed by atoms with Crippen molar-refractivity contribution in [3.8, 4) is 17.1 Å². The first-order valence-corrected chi connectivity index (χ1v) is 7.61. The zero-order chi connectivity index (χ0) is 14.5. The Morgan fingerprint density at radius 2 is 2.10 bits per heavy atom. The van der Waals surface area contributed by atoms with E-state index in [1.165, 1.54) is 0 Å². The van der Waals surface area contributed by atoms with Crippen molar-refractivity contribution in [1.29, 1.82) is 0 Å². The van der Waals surface area contributed by atoms with Crippen LogP contribution in [0.4, 0.5) is 5.69 Å². The molecule has 5 nitrogen and oxygen atoms in total. The van der Waals surface area contributed by atoms with E-state index in [0.717, 1.165) is 17.0 Å². The van der Waals surface area contributed by atoms with Crippen LogP contribution < -0.4 is 10.1 Å². The monoisotopic (exact) mass is 301 g/mol. The lowest BCUT2D eigenvalue weighted by molar-refractivity contribution is 0.340. The molecule has 6 heteroatoms. The van der Waals surface area contributed by atoms with Gasteiger partial charge in [0.2, 0.25) is 11.7 Å². The molecule has 0 aliphatic carbocycles. The van der Waals surface area contributed by atoms with E-state index in [1.54, 1.807) is 11.3 Å². The molecule has 0 fully saturated rings. The normalized spacial score (nSPS) is 10.5. The van der Waals surface area contributed by atoms with Crippen LogP contribution in [0.3, 0.4) is 0 Å². The Labute approximate surface area is 126 Å². The van der Waals surface area contributed by atoms with Crippen molar-refractivity contribution in [2.24, 2.45) is 0 Å². The Morgan fingerprint density at radius 1 is 1.24 bits per heavy atom. The molecule has 0 aliphatic rings. The first-order chi connectivity index (χ1) is 10.3. The molecule has 0 unspecified atom stereocenters. The average molecular weight is 301 g/mol. The minimum atomic E-state index is 0.491. The van der Waals surface area contributed by atoms with E-state index >= 15 is 0 Å². The summed E-state index contributed by atoms with van der Waals surface area (Å²) in [6.07, 6.45) is 0. The van der Waals surface area contributed by atoms with Crippen LogP contribution >= 0.6 is 11.3 Å². The summed E-state index contributed by atoms with van der Waals surface area (Å²) in [5.41, 5.74) is 1.96. The van der Waals surface area contributed by atoms with Crippen molar-refractivity contribution in [1.82, 2.24) is 10.1 Å². The largest absolute Gasteiger partial charge is 0.494 e. The molecule has 3 aromatic rings. The second-order valence-electron chi connectivity index (χ2n) is 4.33. The molecule has 0 aliphatic heterocycles. The number of nitrogens with zero attached hydrogens (tertiary/aromatic N) is 2. The van der Waals surface area contributed by atoms with Crippen molar-refractivity contribution in [2.75, 3.05) is 11.9 Å². The van der Waals surface area contributed by atoms with Crippen LogP contribution in [0.25, 0.3) is 11.4 Å². The number of hydrogen-bond acceptors (Lipinski definition) is 6. The Morgan fingerprint density at radius 3 is 2.81 bits per heavy atom. The van der Waals surface area contributed by atoms with Crippen LogP contribution in [0.5, 0.6) is 5.75 Å². The maximum Gasteiger partial charge on any atom is 0.246 e. The molecule has 0 saturated carbocycles. The van der Waals surface area contributed by atoms with Gasteiger partial charge in [-0.3, -0.25) is 0 Å². The van der Waals surface area contributed by atoms with Crippen LogP contribution in [0, 0.1) is 0 Å². The molecule has 2 heterocycles. The fourth-order valence-electron chi connectivity index (χ4n) is 1.85. The molecule has 0 saturated heterocycles. The SMILES string of the molecule is CCOc1ccc(NCc2nc(-c3ccsc3)no2)cc1. The van der Waals surface area contributed by atoms with Gasteiger partial charge in [0.15, 0.2) is 0 Å². The average Bonchev–Trinajstić information content (AvgIpc) is 3.18. The van der Waals surface area contributed by atoms with Crippen molar-refractivity contribution >= 4 is 17.0 Å². The molecule has 0 bridgehead atoms. The molecule has 0 amide bonds. The third-order valence-electron chi connectivity index (χ3n) is 2.86. The second-order valence-corrected chi connectivity index (χ2v) is 5.11. The smallest absolute Gasteiger partial charge is 0.246 e. The first kappa shape index (κ1) is 13.6. The van der Waals surface area contributed by atoms with Crippen molar-refractivity contribution in [2.45, 2.75) is 13.5 Å². The van der Waals surface area contributed by atoms with Gasteiger partial charge in [0.25, 0.3) is 0 Å². The molecule has 2 aromatic heterocycles. The number of benzene rings is 1. The Balaban J connectivity index is 1.60. The van der Waals surface area contributed by atoms with Gasteiger partial charge in [-0.15, -0.1) is 0 Å². The Hall–Kier alpha value is -2.34. The molecular weight excluding hydrogens is 286 g/mol. The fourth-order valence-corrected chi connectivity index (χ4v) is 2.48. The fraction of sp³-hybridized carbons (Fsp3) is 0.200. The third kappa shape index (κ3) is 3.41. The van der Waals surface area contributed by atoms with Crippen molar-refractivity contribution in [3.05, 3.63) is 47.0 Å². The summed E-state index contributed by atoms with van der Waals surface area (Å²) >= 11 is 1.61. The summed E-state index contributed by atoms with van der Waals surface area (Å²) in [5.74, 6) is 2.05. The van der Waals surface area contributed by atoms with E-state index in [-0.39, 0.29) is 0 Å². The molecule has 1 aromatic carbocycles. The number of nitrogens with one attached hydrogen (secondary N) is 1. The highest BCUT2D eigenvalue weighted by Gasteiger charge is 2.08. The first-order valence-electron chi connectivity index (χ1n) is 6.67. The maximum absolute atomic E-state index is 5.40. The van der Waals surface area contributed by atoms with Gasteiger partial charge in [-0.05, 0) is 42.6 Å². The van der Waals surface area contributed by atoms with Crippen LogP contribution in [0.15, 0.2) is 45.6 Å². The van der Waals surface area contributed by atoms with Gasteiger partial charge in [-0.25, -0.2) is 0 Å². The zero-order valence-electron chi connectivity index (χ0n) is 11.6. The molecule has 3 rings (SSSR count). The minimum Gasteiger partial charge on any atom is -0.494 e. The van der Waals surface area contributed by atoms with Crippen molar-refractivity contribution in [3.63, 3.8) is 0 Å². The van der Waals surface area contributed by atoms with E-state index in [1.807, 2.05) is 48.0 Å². The number of thiophene rings is 1. The maximum atomic E-state index is 5.40. The Kier molecular flexibility index (Phi) is 4.16. The van der Waals surface area contributed by atoms with Crippen LogP contribution in [0.1, 0.15) is 12.8 Å². The molecular formula is C15H15N3O2S. The van der Waals surface area contributed by atoms with Gasteiger partial charge >= 0.3 is 0 Å².